The van der Waals surface area contributed by atoms with Gasteiger partial charge >= 0.3 is 0 Å². The Morgan fingerprint density at radius 3 is 2.65 bits per heavy atom. The minimum Gasteiger partial charge on any atom is -0.268 e. The molecule has 0 saturated heterocycles. The summed E-state index contributed by atoms with van der Waals surface area (Å²) in [5, 5.41) is 10.7. The molecule has 1 aromatic carbocycles. The van der Waals surface area contributed by atoms with Crippen LogP contribution in [0.2, 0.25) is 0 Å². The Bertz CT molecular complexity index is 783. The molecule has 0 radical (unpaired) electrons. The summed E-state index contributed by atoms with van der Waals surface area (Å²) in [6, 6.07) is 9.04. The summed E-state index contributed by atoms with van der Waals surface area (Å²) in [4.78, 5) is 35.6. The van der Waals surface area contributed by atoms with Crippen LogP contribution in [0.3, 0.4) is 0 Å². The van der Waals surface area contributed by atoms with Crippen LogP contribution < -0.4 is 10.9 Å². The van der Waals surface area contributed by atoms with Gasteiger partial charge in [0.1, 0.15) is 0 Å². The molecular formula is C15H13N3O4S. The van der Waals surface area contributed by atoms with Crippen LogP contribution in [0.15, 0.2) is 42.5 Å². The summed E-state index contributed by atoms with van der Waals surface area (Å²) in [6.07, 6.45) is 2.92. The molecule has 1 aromatic heterocycles. The van der Waals surface area contributed by atoms with Crippen LogP contribution in [0.4, 0.5) is 5.69 Å². The van der Waals surface area contributed by atoms with Crippen molar-refractivity contribution >= 4 is 34.9 Å². The minimum atomic E-state index is -0.637. The first kappa shape index (κ1) is 16.4. The van der Waals surface area contributed by atoms with Crippen molar-refractivity contribution in [1.29, 1.82) is 0 Å². The SMILES string of the molecule is Cc1ccc(/C=C/C(=O)NNC(=O)c2cccc([N+](=O)[O-])c2)s1. The number of thiophene rings is 1. The maximum Gasteiger partial charge on any atom is 0.270 e. The molecule has 2 amide bonds. The number of non-ortho nitro benzene ring substituents is 1. The van der Waals surface area contributed by atoms with E-state index in [1.807, 2.05) is 19.1 Å². The Balaban J connectivity index is 1.91. The first-order chi connectivity index (χ1) is 11.0. The maximum absolute atomic E-state index is 11.8. The zero-order valence-electron chi connectivity index (χ0n) is 12.1. The molecule has 0 aliphatic carbocycles. The Morgan fingerprint density at radius 1 is 1.22 bits per heavy atom. The quantitative estimate of drug-likeness (QED) is 0.510. The molecule has 0 aliphatic rings. The average Bonchev–Trinajstić information content (AvgIpc) is 2.96. The van der Waals surface area contributed by atoms with Crippen LogP contribution in [0.5, 0.6) is 0 Å². The molecule has 23 heavy (non-hydrogen) atoms. The summed E-state index contributed by atoms with van der Waals surface area (Å²) >= 11 is 1.54. The van der Waals surface area contributed by atoms with Gasteiger partial charge in [0.15, 0.2) is 0 Å². The number of hydrazine groups is 1. The van der Waals surface area contributed by atoms with E-state index in [0.717, 1.165) is 15.8 Å². The third-order valence-electron chi connectivity index (χ3n) is 2.78. The monoisotopic (exact) mass is 331 g/mol. The van der Waals surface area contributed by atoms with Gasteiger partial charge in [-0.15, -0.1) is 11.3 Å². The average molecular weight is 331 g/mol. The second-order valence-corrected chi connectivity index (χ2v) is 5.85. The van der Waals surface area contributed by atoms with Crippen molar-refractivity contribution < 1.29 is 14.5 Å². The Hall–Kier alpha value is -3.00. The molecule has 118 valence electrons. The Labute approximate surface area is 135 Å². The lowest BCUT2D eigenvalue weighted by Gasteiger charge is -2.05. The van der Waals surface area contributed by atoms with E-state index in [4.69, 9.17) is 0 Å². The van der Waals surface area contributed by atoms with Crippen molar-refractivity contribution in [2.75, 3.05) is 0 Å². The number of nitrogens with zero attached hydrogens (tertiary/aromatic N) is 1. The normalized spacial score (nSPS) is 10.5. The number of hydrogen-bond acceptors (Lipinski definition) is 5. The third-order valence-corrected chi connectivity index (χ3v) is 3.74. The molecule has 8 heteroatoms. The molecule has 0 atom stereocenters. The highest BCUT2D eigenvalue weighted by atomic mass is 32.1. The van der Waals surface area contributed by atoms with Crippen LogP contribution in [-0.4, -0.2) is 16.7 Å². The predicted octanol–water partition coefficient (Wildman–Crippen LogP) is 2.44. The highest BCUT2D eigenvalue weighted by Gasteiger charge is 2.11. The van der Waals surface area contributed by atoms with Gasteiger partial charge in [0.2, 0.25) is 0 Å². The van der Waals surface area contributed by atoms with Crippen LogP contribution >= 0.6 is 11.3 Å². The van der Waals surface area contributed by atoms with Crippen LogP contribution in [0, 0.1) is 17.0 Å². The van der Waals surface area contributed by atoms with E-state index >= 15 is 0 Å². The van der Waals surface area contributed by atoms with E-state index in [-0.39, 0.29) is 11.3 Å². The van der Waals surface area contributed by atoms with Crippen molar-refractivity contribution in [1.82, 2.24) is 10.9 Å². The lowest BCUT2D eigenvalue weighted by Crippen LogP contribution is -2.40. The third kappa shape index (κ3) is 4.75. The van der Waals surface area contributed by atoms with Gasteiger partial charge < -0.3 is 0 Å². The van der Waals surface area contributed by atoms with Gasteiger partial charge in [-0.25, -0.2) is 0 Å². The number of aryl methyl sites for hydroxylation is 1. The van der Waals surface area contributed by atoms with E-state index in [9.17, 15) is 19.7 Å². The maximum atomic E-state index is 11.8. The molecule has 0 bridgehead atoms. The van der Waals surface area contributed by atoms with Crippen LogP contribution in [0.1, 0.15) is 20.1 Å². The number of nitro groups is 1. The molecule has 2 aromatic rings. The molecule has 2 rings (SSSR count). The zero-order valence-corrected chi connectivity index (χ0v) is 12.9. The summed E-state index contributed by atoms with van der Waals surface area (Å²) in [6.45, 7) is 1.96. The van der Waals surface area contributed by atoms with E-state index in [2.05, 4.69) is 10.9 Å². The number of carbonyl (C=O) groups is 2. The van der Waals surface area contributed by atoms with Gasteiger partial charge in [0, 0.05) is 33.5 Å². The van der Waals surface area contributed by atoms with Crippen LogP contribution in [0.25, 0.3) is 6.08 Å². The van der Waals surface area contributed by atoms with Gasteiger partial charge in [-0.3, -0.25) is 30.6 Å². The number of carbonyl (C=O) groups excluding carboxylic acids is 2. The Morgan fingerprint density at radius 2 is 2.00 bits per heavy atom. The summed E-state index contributed by atoms with van der Waals surface area (Å²) in [7, 11) is 0. The molecule has 0 aliphatic heterocycles. The summed E-state index contributed by atoms with van der Waals surface area (Å²) in [5.41, 5.74) is 4.30. The van der Waals surface area contributed by atoms with Crippen molar-refractivity contribution in [2.24, 2.45) is 0 Å². The molecule has 0 spiro atoms. The molecule has 0 fully saturated rings. The highest BCUT2D eigenvalue weighted by molar-refractivity contribution is 7.12. The molecular weight excluding hydrogens is 318 g/mol. The minimum absolute atomic E-state index is 0.0809. The van der Waals surface area contributed by atoms with Gasteiger partial charge in [-0.2, -0.15) is 0 Å². The van der Waals surface area contributed by atoms with Crippen molar-refractivity contribution in [3.05, 3.63) is 67.9 Å². The number of hydrogen-bond donors (Lipinski definition) is 2. The topological polar surface area (TPSA) is 101 Å². The molecule has 0 saturated carbocycles. The molecule has 7 nitrogen and oxygen atoms in total. The van der Waals surface area contributed by atoms with E-state index in [1.54, 1.807) is 6.08 Å². The van der Waals surface area contributed by atoms with Gasteiger partial charge in [0.05, 0.1) is 4.92 Å². The number of amides is 2. The first-order valence-corrected chi connectivity index (χ1v) is 7.36. The zero-order chi connectivity index (χ0) is 16.8. The fourth-order valence-electron chi connectivity index (χ4n) is 1.69. The number of benzene rings is 1. The second-order valence-electron chi connectivity index (χ2n) is 4.53. The largest absolute Gasteiger partial charge is 0.270 e. The molecule has 2 N–H and O–H groups in total. The van der Waals surface area contributed by atoms with Gasteiger partial charge in [-0.1, -0.05) is 6.07 Å². The predicted molar refractivity (Wildman–Crippen MR) is 86.8 cm³/mol. The summed E-state index contributed by atoms with van der Waals surface area (Å²) < 4.78 is 0. The number of rotatable bonds is 4. The standard InChI is InChI=1S/C15H13N3O4S/c1-10-5-6-13(23-10)7-8-14(19)16-17-15(20)11-3-2-4-12(9-11)18(21)22/h2-9H,1H3,(H,16,19)(H,17,20)/b8-7+. The molecule has 1 heterocycles. The van der Waals surface area contributed by atoms with Crippen molar-refractivity contribution in [2.45, 2.75) is 6.92 Å². The fourth-order valence-corrected chi connectivity index (χ4v) is 2.47. The van der Waals surface area contributed by atoms with Gasteiger partial charge in [-0.05, 0) is 31.2 Å². The summed E-state index contributed by atoms with van der Waals surface area (Å²) in [5.74, 6) is -1.14. The van der Waals surface area contributed by atoms with E-state index in [0.29, 0.717) is 0 Å². The Kier molecular flexibility index (Phi) is 5.21. The highest BCUT2D eigenvalue weighted by Crippen LogP contribution is 2.16. The van der Waals surface area contributed by atoms with Gasteiger partial charge in [0.25, 0.3) is 17.5 Å². The lowest BCUT2D eigenvalue weighted by molar-refractivity contribution is -0.384. The first-order valence-electron chi connectivity index (χ1n) is 6.55. The van der Waals surface area contributed by atoms with Crippen molar-refractivity contribution in [3.8, 4) is 0 Å². The van der Waals surface area contributed by atoms with E-state index in [1.165, 1.54) is 35.6 Å². The number of nitro benzene ring substituents is 1. The number of nitrogens with one attached hydrogen (secondary N) is 2. The van der Waals surface area contributed by atoms with Crippen molar-refractivity contribution in [3.63, 3.8) is 0 Å². The molecule has 0 unspecified atom stereocenters. The van der Waals surface area contributed by atoms with E-state index < -0.39 is 16.7 Å². The fraction of sp³-hybridized carbons (Fsp3) is 0.0667. The second kappa shape index (κ2) is 7.32. The smallest absolute Gasteiger partial charge is 0.268 e. The van der Waals surface area contributed by atoms with Crippen LogP contribution in [-0.2, 0) is 4.79 Å². The lowest BCUT2D eigenvalue weighted by atomic mass is 10.2.